The number of rotatable bonds is 4. The van der Waals surface area contributed by atoms with E-state index in [1.807, 2.05) is 6.07 Å². The normalized spacial score (nSPS) is 10.8. The first-order chi connectivity index (χ1) is 12.4. The van der Waals surface area contributed by atoms with Gasteiger partial charge in [0.1, 0.15) is 5.76 Å². The van der Waals surface area contributed by atoms with E-state index in [9.17, 15) is 4.79 Å². The molecular formula is C22H24N2O2. The minimum Gasteiger partial charge on any atom is -0.456 e. The Morgan fingerprint density at radius 2 is 1.46 bits per heavy atom. The summed E-state index contributed by atoms with van der Waals surface area (Å²) in [5, 5.41) is 2.81. The summed E-state index contributed by atoms with van der Waals surface area (Å²) in [6.07, 6.45) is 3.95. The number of carbonyl (C=O) groups is 1. The maximum atomic E-state index is 12.3. The van der Waals surface area contributed by atoms with Gasteiger partial charge < -0.3 is 9.73 Å². The second-order valence-corrected chi connectivity index (χ2v) is 6.74. The van der Waals surface area contributed by atoms with E-state index in [0.29, 0.717) is 17.9 Å². The quantitative estimate of drug-likeness (QED) is 0.717. The molecule has 0 spiro atoms. The molecule has 1 aromatic carbocycles. The van der Waals surface area contributed by atoms with Gasteiger partial charge in [0.05, 0.1) is 0 Å². The van der Waals surface area contributed by atoms with E-state index >= 15 is 0 Å². The number of nitrogens with zero attached hydrogens (tertiary/aromatic N) is 1. The largest absolute Gasteiger partial charge is 0.456 e. The first-order valence-electron chi connectivity index (χ1n) is 8.74. The Balaban J connectivity index is 1.82. The van der Waals surface area contributed by atoms with Crippen LogP contribution < -0.4 is 5.32 Å². The number of benzene rings is 1. The van der Waals surface area contributed by atoms with Crippen molar-refractivity contribution in [3.05, 3.63) is 81.6 Å². The van der Waals surface area contributed by atoms with Crippen LogP contribution >= 0.6 is 0 Å². The minimum absolute atomic E-state index is 0.257. The van der Waals surface area contributed by atoms with Gasteiger partial charge in [-0.25, -0.2) is 0 Å². The average Bonchev–Trinajstić information content (AvgIpc) is 3.12. The lowest BCUT2D eigenvalue weighted by Crippen LogP contribution is -2.10. The molecule has 0 bridgehead atoms. The smallest absolute Gasteiger partial charge is 0.291 e. The molecule has 0 aliphatic heterocycles. The molecule has 0 atom stereocenters. The standard InChI is InChI=1S/C22H24N2O2/c1-13-14(2)16(4)20(17(5)15(13)3)12-19-6-7-21(26-19)22(25)24-18-8-10-23-11-9-18/h6-11H,12H2,1-5H3,(H,23,24,25). The zero-order chi connectivity index (χ0) is 18.8. The highest BCUT2D eigenvalue weighted by atomic mass is 16.3. The number of hydrogen-bond acceptors (Lipinski definition) is 3. The van der Waals surface area contributed by atoms with Crippen molar-refractivity contribution in [1.82, 2.24) is 4.98 Å². The van der Waals surface area contributed by atoms with Crippen molar-refractivity contribution < 1.29 is 9.21 Å². The molecule has 1 N–H and O–H groups in total. The van der Waals surface area contributed by atoms with Crippen LogP contribution in [0.25, 0.3) is 0 Å². The lowest BCUT2D eigenvalue weighted by molar-refractivity contribution is 0.0995. The van der Waals surface area contributed by atoms with E-state index in [4.69, 9.17) is 4.42 Å². The van der Waals surface area contributed by atoms with E-state index in [1.165, 1.54) is 33.4 Å². The van der Waals surface area contributed by atoms with Crippen LogP contribution in [0.4, 0.5) is 5.69 Å². The molecule has 0 radical (unpaired) electrons. The highest BCUT2D eigenvalue weighted by molar-refractivity contribution is 6.02. The molecule has 0 aliphatic carbocycles. The van der Waals surface area contributed by atoms with Crippen LogP contribution in [0.15, 0.2) is 41.1 Å². The molecule has 0 fully saturated rings. The number of pyridine rings is 1. The third kappa shape index (κ3) is 3.40. The van der Waals surface area contributed by atoms with Crippen molar-refractivity contribution in [2.45, 2.75) is 41.0 Å². The van der Waals surface area contributed by atoms with Gasteiger partial charge in [-0.15, -0.1) is 0 Å². The fourth-order valence-corrected chi connectivity index (χ4v) is 3.24. The van der Waals surface area contributed by atoms with Gasteiger partial charge in [0, 0.05) is 24.5 Å². The first-order valence-corrected chi connectivity index (χ1v) is 8.74. The van der Waals surface area contributed by atoms with E-state index in [1.54, 1.807) is 30.6 Å². The van der Waals surface area contributed by atoms with Gasteiger partial charge in [-0.1, -0.05) is 0 Å². The van der Waals surface area contributed by atoms with Crippen molar-refractivity contribution in [3.63, 3.8) is 0 Å². The SMILES string of the molecule is Cc1c(C)c(C)c(Cc2ccc(C(=O)Nc3ccncc3)o2)c(C)c1C. The zero-order valence-corrected chi connectivity index (χ0v) is 15.9. The molecular weight excluding hydrogens is 324 g/mol. The summed E-state index contributed by atoms with van der Waals surface area (Å²) < 4.78 is 5.81. The Bertz CT molecular complexity index is 927. The highest BCUT2D eigenvalue weighted by Crippen LogP contribution is 2.28. The monoisotopic (exact) mass is 348 g/mol. The topological polar surface area (TPSA) is 55.1 Å². The van der Waals surface area contributed by atoms with Gasteiger partial charge in [-0.3, -0.25) is 9.78 Å². The summed E-state index contributed by atoms with van der Waals surface area (Å²) in [5.74, 6) is 0.846. The molecule has 4 heteroatoms. The van der Waals surface area contributed by atoms with Gasteiger partial charge >= 0.3 is 0 Å². The molecule has 4 nitrogen and oxygen atoms in total. The van der Waals surface area contributed by atoms with E-state index in [-0.39, 0.29) is 5.91 Å². The predicted molar refractivity (Wildman–Crippen MR) is 104 cm³/mol. The second kappa shape index (κ2) is 7.16. The Morgan fingerprint density at radius 3 is 2.08 bits per heavy atom. The molecule has 0 saturated carbocycles. The van der Waals surface area contributed by atoms with E-state index in [2.05, 4.69) is 44.9 Å². The molecule has 26 heavy (non-hydrogen) atoms. The van der Waals surface area contributed by atoms with Crippen LogP contribution in [0.5, 0.6) is 0 Å². The van der Waals surface area contributed by atoms with E-state index in [0.717, 1.165) is 5.76 Å². The molecule has 3 rings (SSSR count). The maximum Gasteiger partial charge on any atom is 0.291 e. The van der Waals surface area contributed by atoms with Crippen LogP contribution in [0.3, 0.4) is 0 Å². The lowest BCUT2D eigenvalue weighted by Gasteiger charge is -2.18. The number of amides is 1. The summed E-state index contributed by atoms with van der Waals surface area (Å²) >= 11 is 0. The number of anilines is 1. The van der Waals surface area contributed by atoms with Gasteiger partial charge in [-0.05, 0) is 92.3 Å². The van der Waals surface area contributed by atoms with Crippen LogP contribution in [-0.4, -0.2) is 10.9 Å². The first kappa shape index (κ1) is 17.9. The third-order valence-corrected chi connectivity index (χ3v) is 5.33. The molecule has 0 saturated heterocycles. The molecule has 1 amide bonds. The average molecular weight is 348 g/mol. The van der Waals surface area contributed by atoms with Crippen molar-refractivity contribution in [2.75, 3.05) is 5.32 Å². The molecule has 134 valence electrons. The Morgan fingerprint density at radius 1 is 0.885 bits per heavy atom. The van der Waals surface area contributed by atoms with Crippen molar-refractivity contribution in [1.29, 1.82) is 0 Å². The van der Waals surface area contributed by atoms with Gasteiger partial charge in [0.15, 0.2) is 5.76 Å². The minimum atomic E-state index is -0.257. The van der Waals surface area contributed by atoms with Crippen molar-refractivity contribution >= 4 is 11.6 Å². The van der Waals surface area contributed by atoms with Crippen LogP contribution in [0.1, 0.15) is 49.7 Å². The third-order valence-electron chi connectivity index (χ3n) is 5.33. The Kier molecular flexibility index (Phi) is 4.94. The molecule has 2 heterocycles. The van der Waals surface area contributed by atoms with E-state index < -0.39 is 0 Å². The Hall–Kier alpha value is -2.88. The number of hydrogen-bond donors (Lipinski definition) is 1. The molecule has 0 unspecified atom stereocenters. The summed E-state index contributed by atoms with van der Waals surface area (Å²) in [4.78, 5) is 16.3. The molecule has 0 aliphatic rings. The second-order valence-electron chi connectivity index (χ2n) is 6.74. The fourth-order valence-electron chi connectivity index (χ4n) is 3.24. The van der Waals surface area contributed by atoms with Crippen LogP contribution in [0.2, 0.25) is 0 Å². The predicted octanol–water partition coefficient (Wildman–Crippen LogP) is 5.06. The summed E-state index contributed by atoms with van der Waals surface area (Å²) in [7, 11) is 0. The van der Waals surface area contributed by atoms with Crippen molar-refractivity contribution in [2.24, 2.45) is 0 Å². The number of carbonyl (C=O) groups excluding carboxylic acids is 1. The number of aromatic nitrogens is 1. The van der Waals surface area contributed by atoms with Gasteiger partial charge in [0.25, 0.3) is 5.91 Å². The maximum absolute atomic E-state index is 12.3. The summed E-state index contributed by atoms with van der Waals surface area (Å²) in [6, 6.07) is 7.09. The highest BCUT2D eigenvalue weighted by Gasteiger charge is 2.16. The van der Waals surface area contributed by atoms with Crippen LogP contribution in [-0.2, 0) is 6.42 Å². The zero-order valence-electron chi connectivity index (χ0n) is 15.9. The summed E-state index contributed by atoms with van der Waals surface area (Å²) in [6.45, 7) is 10.8. The van der Waals surface area contributed by atoms with Crippen molar-refractivity contribution in [3.8, 4) is 0 Å². The molecule has 2 aromatic heterocycles. The lowest BCUT2D eigenvalue weighted by atomic mass is 9.88. The van der Waals surface area contributed by atoms with Gasteiger partial charge in [0.2, 0.25) is 0 Å². The molecule has 3 aromatic rings. The Labute approximate surface area is 154 Å². The van der Waals surface area contributed by atoms with Crippen LogP contribution in [0, 0.1) is 34.6 Å². The number of nitrogens with one attached hydrogen (secondary N) is 1. The summed E-state index contributed by atoms with van der Waals surface area (Å²) in [5.41, 5.74) is 8.56. The van der Waals surface area contributed by atoms with Gasteiger partial charge in [-0.2, -0.15) is 0 Å². The fraction of sp³-hybridized carbons (Fsp3) is 0.273. The number of furan rings is 1.